The molecule has 0 bridgehead atoms. The first-order valence-electron chi connectivity index (χ1n) is 10.7. The van der Waals surface area contributed by atoms with E-state index < -0.39 is 11.9 Å². The third kappa shape index (κ3) is 4.33. The van der Waals surface area contributed by atoms with Crippen LogP contribution in [0.1, 0.15) is 30.0 Å². The summed E-state index contributed by atoms with van der Waals surface area (Å²) < 4.78 is 18.0. The molecule has 4 nitrogen and oxygen atoms in total. The summed E-state index contributed by atoms with van der Waals surface area (Å²) in [6, 6.07) is 30.7. The lowest BCUT2D eigenvalue weighted by Crippen LogP contribution is -2.45. The Hall–Kier alpha value is -2.79. The van der Waals surface area contributed by atoms with Crippen LogP contribution in [-0.4, -0.2) is 31.9 Å². The highest BCUT2D eigenvalue weighted by Gasteiger charge is 2.41. The molecule has 1 aliphatic rings. The van der Waals surface area contributed by atoms with Crippen molar-refractivity contribution >= 4 is 5.78 Å². The van der Waals surface area contributed by atoms with E-state index in [0.29, 0.717) is 13.0 Å². The molecule has 160 valence electrons. The van der Waals surface area contributed by atoms with Crippen molar-refractivity contribution in [3.63, 3.8) is 0 Å². The standard InChI is InChI=1S/C27H28O4/c1-20-18-24(28)26(29-2)31-25(20)19-30-27(21-12-6-3-7-13-21,22-14-8-4-9-15-22)23-16-10-5-11-17-23/h3-17,20,25-26H,18-19H2,1-2H3/t20-,25-,26+/m1/s1. The molecule has 1 fully saturated rings. The van der Waals surface area contributed by atoms with Crippen LogP contribution in [0.5, 0.6) is 0 Å². The molecule has 31 heavy (non-hydrogen) atoms. The molecule has 0 spiro atoms. The summed E-state index contributed by atoms with van der Waals surface area (Å²) in [5.74, 6) is 0.0191. The second kappa shape index (κ2) is 9.56. The van der Waals surface area contributed by atoms with Crippen LogP contribution >= 0.6 is 0 Å². The molecular formula is C27H28O4. The van der Waals surface area contributed by atoms with Gasteiger partial charge in [0.2, 0.25) is 6.29 Å². The minimum Gasteiger partial charge on any atom is -0.358 e. The SMILES string of the molecule is CO[C@H]1O[C@H](COC(c2ccccc2)(c2ccccc2)c2ccccc2)[C@H](C)CC1=O. The van der Waals surface area contributed by atoms with E-state index in [1.165, 1.54) is 7.11 Å². The number of methoxy groups -OCH3 is 1. The van der Waals surface area contributed by atoms with Gasteiger partial charge in [0.25, 0.3) is 0 Å². The Kier molecular flexibility index (Phi) is 6.62. The van der Waals surface area contributed by atoms with Crippen molar-refractivity contribution in [1.29, 1.82) is 0 Å². The zero-order valence-corrected chi connectivity index (χ0v) is 17.9. The van der Waals surface area contributed by atoms with Gasteiger partial charge in [0.05, 0.1) is 12.7 Å². The fourth-order valence-electron chi connectivity index (χ4n) is 4.28. The van der Waals surface area contributed by atoms with Crippen LogP contribution in [0.2, 0.25) is 0 Å². The van der Waals surface area contributed by atoms with E-state index in [2.05, 4.69) is 36.4 Å². The van der Waals surface area contributed by atoms with E-state index in [9.17, 15) is 4.79 Å². The summed E-state index contributed by atoms with van der Waals surface area (Å²) in [5, 5.41) is 0. The van der Waals surface area contributed by atoms with Gasteiger partial charge in [-0.05, 0) is 22.6 Å². The monoisotopic (exact) mass is 416 g/mol. The van der Waals surface area contributed by atoms with Gasteiger partial charge in [-0.15, -0.1) is 0 Å². The van der Waals surface area contributed by atoms with Gasteiger partial charge in [-0.3, -0.25) is 4.79 Å². The largest absolute Gasteiger partial charge is 0.358 e. The van der Waals surface area contributed by atoms with E-state index in [-0.39, 0.29) is 17.8 Å². The molecule has 4 heteroatoms. The number of Topliss-reactive ketones (excluding diaryl/α,β-unsaturated/α-hetero) is 1. The predicted molar refractivity (Wildman–Crippen MR) is 120 cm³/mol. The molecule has 0 aliphatic carbocycles. The molecule has 1 aliphatic heterocycles. The van der Waals surface area contributed by atoms with Gasteiger partial charge in [-0.25, -0.2) is 0 Å². The van der Waals surface area contributed by atoms with Crippen molar-refractivity contribution in [2.45, 2.75) is 31.3 Å². The zero-order chi connectivity index (χ0) is 21.7. The molecule has 0 unspecified atom stereocenters. The molecule has 3 aromatic carbocycles. The number of carbonyl (C=O) groups is 1. The van der Waals surface area contributed by atoms with Gasteiger partial charge in [0, 0.05) is 13.5 Å². The highest BCUT2D eigenvalue weighted by Crippen LogP contribution is 2.41. The topological polar surface area (TPSA) is 44.8 Å². The van der Waals surface area contributed by atoms with Crippen LogP contribution in [0, 0.1) is 5.92 Å². The van der Waals surface area contributed by atoms with Crippen LogP contribution in [-0.2, 0) is 24.6 Å². The average molecular weight is 417 g/mol. The number of rotatable bonds is 7. The summed E-state index contributed by atoms with van der Waals surface area (Å²) in [5.41, 5.74) is 2.30. The third-order valence-electron chi connectivity index (χ3n) is 5.94. The highest BCUT2D eigenvalue weighted by molar-refractivity contribution is 5.82. The molecule has 3 atom stereocenters. The quantitative estimate of drug-likeness (QED) is 0.511. The summed E-state index contributed by atoms with van der Waals surface area (Å²) in [6.07, 6.45) is -0.663. The van der Waals surface area contributed by atoms with Crippen molar-refractivity contribution in [3.05, 3.63) is 108 Å². The van der Waals surface area contributed by atoms with Crippen LogP contribution in [0.3, 0.4) is 0 Å². The molecule has 0 N–H and O–H groups in total. The minimum atomic E-state index is -0.829. The number of hydrogen-bond donors (Lipinski definition) is 0. The van der Waals surface area contributed by atoms with Gasteiger partial charge in [-0.2, -0.15) is 0 Å². The molecule has 0 saturated carbocycles. The lowest BCUT2D eigenvalue weighted by atomic mass is 9.80. The van der Waals surface area contributed by atoms with Gasteiger partial charge >= 0.3 is 0 Å². The van der Waals surface area contributed by atoms with Gasteiger partial charge in [-0.1, -0.05) is 97.9 Å². The Morgan fingerprint density at radius 3 is 1.71 bits per heavy atom. The number of hydrogen-bond acceptors (Lipinski definition) is 4. The van der Waals surface area contributed by atoms with Crippen LogP contribution in [0.4, 0.5) is 0 Å². The molecule has 0 amide bonds. The normalized spacial score (nSPS) is 21.7. The Bertz CT molecular complexity index is 875. The molecule has 3 aromatic rings. The molecule has 0 aromatic heterocycles. The molecule has 1 saturated heterocycles. The average Bonchev–Trinajstić information content (AvgIpc) is 2.83. The van der Waals surface area contributed by atoms with E-state index in [1.807, 2.05) is 61.5 Å². The zero-order valence-electron chi connectivity index (χ0n) is 17.9. The summed E-state index contributed by atoms with van der Waals surface area (Å²) >= 11 is 0. The molecule has 0 radical (unpaired) electrons. The van der Waals surface area contributed by atoms with Crippen molar-refractivity contribution in [2.75, 3.05) is 13.7 Å². The summed E-state index contributed by atoms with van der Waals surface area (Å²) in [7, 11) is 1.50. The van der Waals surface area contributed by atoms with E-state index in [1.54, 1.807) is 0 Å². The Morgan fingerprint density at radius 1 is 0.839 bits per heavy atom. The minimum absolute atomic E-state index is 0.0216. The van der Waals surface area contributed by atoms with Crippen molar-refractivity contribution in [2.24, 2.45) is 5.92 Å². The summed E-state index contributed by atoms with van der Waals surface area (Å²) in [4.78, 5) is 12.2. The van der Waals surface area contributed by atoms with Crippen LogP contribution in [0.25, 0.3) is 0 Å². The van der Waals surface area contributed by atoms with E-state index in [4.69, 9.17) is 14.2 Å². The van der Waals surface area contributed by atoms with Gasteiger partial charge in [0.15, 0.2) is 5.78 Å². The van der Waals surface area contributed by atoms with Crippen molar-refractivity contribution in [3.8, 4) is 0 Å². The molecular weight excluding hydrogens is 388 g/mol. The first-order chi connectivity index (χ1) is 15.1. The lowest BCUT2D eigenvalue weighted by Gasteiger charge is -2.39. The van der Waals surface area contributed by atoms with E-state index in [0.717, 1.165) is 16.7 Å². The highest BCUT2D eigenvalue weighted by atomic mass is 16.7. The maximum atomic E-state index is 12.2. The smallest absolute Gasteiger partial charge is 0.217 e. The lowest BCUT2D eigenvalue weighted by molar-refractivity contribution is -0.210. The third-order valence-corrected chi connectivity index (χ3v) is 5.94. The Morgan fingerprint density at radius 2 is 1.29 bits per heavy atom. The van der Waals surface area contributed by atoms with Crippen molar-refractivity contribution in [1.82, 2.24) is 0 Å². The number of carbonyl (C=O) groups excluding carboxylic acids is 1. The van der Waals surface area contributed by atoms with Gasteiger partial charge in [0.1, 0.15) is 5.60 Å². The van der Waals surface area contributed by atoms with E-state index >= 15 is 0 Å². The number of benzene rings is 3. The first kappa shape index (κ1) is 21.4. The summed E-state index contributed by atoms with van der Waals surface area (Å²) in [6.45, 7) is 2.35. The Balaban J connectivity index is 1.76. The predicted octanol–water partition coefficient (Wildman–Crippen LogP) is 4.96. The van der Waals surface area contributed by atoms with Crippen LogP contribution < -0.4 is 0 Å². The molecule has 1 heterocycles. The first-order valence-corrected chi connectivity index (χ1v) is 10.7. The Labute approximate surface area is 183 Å². The second-order valence-corrected chi connectivity index (χ2v) is 7.98. The maximum Gasteiger partial charge on any atom is 0.217 e. The number of ether oxygens (including phenoxy) is 3. The second-order valence-electron chi connectivity index (χ2n) is 7.98. The maximum absolute atomic E-state index is 12.2. The number of ketones is 1. The molecule has 4 rings (SSSR count). The van der Waals surface area contributed by atoms with Crippen molar-refractivity contribution < 1.29 is 19.0 Å². The fraction of sp³-hybridized carbons (Fsp3) is 0.296. The van der Waals surface area contributed by atoms with Gasteiger partial charge < -0.3 is 14.2 Å². The van der Waals surface area contributed by atoms with Crippen LogP contribution in [0.15, 0.2) is 91.0 Å². The fourth-order valence-corrected chi connectivity index (χ4v) is 4.28.